The summed E-state index contributed by atoms with van der Waals surface area (Å²) >= 11 is 5.83. The van der Waals surface area contributed by atoms with Crippen molar-refractivity contribution in [3.8, 4) is 0 Å². The third-order valence-corrected chi connectivity index (χ3v) is 2.86. The minimum atomic E-state index is -0.454. The summed E-state index contributed by atoms with van der Waals surface area (Å²) in [6, 6.07) is 7.44. The molecule has 0 saturated heterocycles. The van der Waals surface area contributed by atoms with Crippen LogP contribution in [-0.4, -0.2) is 10.8 Å². The first kappa shape index (κ1) is 12.7. The van der Waals surface area contributed by atoms with E-state index in [1.54, 1.807) is 12.3 Å². The molecule has 0 radical (unpaired) electrons. The summed E-state index contributed by atoms with van der Waals surface area (Å²) < 4.78 is 12.9. The maximum absolute atomic E-state index is 12.9. The zero-order valence-electron chi connectivity index (χ0n) is 9.78. The molecule has 2 nitrogen and oxygen atoms in total. The van der Waals surface area contributed by atoms with E-state index in [0.29, 0.717) is 11.3 Å². The largest absolute Gasteiger partial charge is 0.294 e. The first-order valence-corrected chi connectivity index (χ1v) is 5.84. The minimum Gasteiger partial charge on any atom is -0.294 e. The van der Waals surface area contributed by atoms with Crippen LogP contribution in [0, 0.1) is 12.7 Å². The van der Waals surface area contributed by atoms with Crippen molar-refractivity contribution in [3.63, 3.8) is 0 Å². The van der Waals surface area contributed by atoms with Crippen LogP contribution in [0.25, 0.3) is 0 Å². The van der Waals surface area contributed by atoms with Crippen LogP contribution in [0.15, 0.2) is 36.5 Å². The number of nitrogens with zero attached hydrogens (tertiary/aromatic N) is 1. The number of Topliss-reactive ketones (excluding diaryl/α,β-unsaturated/α-hetero) is 1. The van der Waals surface area contributed by atoms with E-state index in [2.05, 4.69) is 4.98 Å². The molecule has 1 aromatic carbocycles. The van der Waals surface area contributed by atoms with E-state index < -0.39 is 5.82 Å². The molecule has 0 fully saturated rings. The molecular weight excluding hydrogens is 253 g/mol. The molecule has 1 aromatic heterocycles. The molecule has 1 heterocycles. The van der Waals surface area contributed by atoms with E-state index in [-0.39, 0.29) is 17.2 Å². The summed E-state index contributed by atoms with van der Waals surface area (Å²) in [5.41, 5.74) is 2.03. The van der Waals surface area contributed by atoms with Crippen LogP contribution in [0.2, 0.25) is 5.02 Å². The fraction of sp³-hybridized carbons (Fsp3) is 0.143. The fourth-order valence-corrected chi connectivity index (χ4v) is 1.85. The Morgan fingerprint density at radius 1 is 1.33 bits per heavy atom. The summed E-state index contributed by atoms with van der Waals surface area (Å²) in [5.74, 6) is -0.624. The van der Waals surface area contributed by atoms with Crippen molar-refractivity contribution in [2.24, 2.45) is 0 Å². The lowest BCUT2D eigenvalue weighted by Gasteiger charge is -2.03. The Kier molecular flexibility index (Phi) is 3.72. The average molecular weight is 264 g/mol. The molecule has 0 bridgehead atoms. The first-order chi connectivity index (χ1) is 8.56. The zero-order chi connectivity index (χ0) is 13.1. The number of pyridine rings is 1. The lowest BCUT2D eigenvalue weighted by atomic mass is 10.1. The van der Waals surface area contributed by atoms with E-state index in [1.807, 2.05) is 13.0 Å². The maximum Gasteiger partial charge on any atom is 0.170 e. The number of ketones is 1. The van der Waals surface area contributed by atoms with Gasteiger partial charge in [0.2, 0.25) is 0 Å². The molecule has 0 atom stereocenters. The molecule has 0 saturated carbocycles. The van der Waals surface area contributed by atoms with Gasteiger partial charge in [-0.05, 0) is 36.8 Å². The third-order valence-electron chi connectivity index (χ3n) is 2.55. The highest BCUT2D eigenvalue weighted by Gasteiger charge is 2.12. The second-order valence-corrected chi connectivity index (χ2v) is 4.46. The molecule has 2 rings (SSSR count). The molecule has 0 aliphatic heterocycles. The van der Waals surface area contributed by atoms with Crippen LogP contribution < -0.4 is 0 Å². The number of aromatic nitrogens is 1. The van der Waals surface area contributed by atoms with Crippen LogP contribution >= 0.6 is 11.6 Å². The van der Waals surface area contributed by atoms with E-state index in [1.165, 1.54) is 12.1 Å². The Morgan fingerprint density at radius 2 is 2.11 bits per heavy atom. The lowest BCUT2D eigenvalue weighted by molar-refractivity contribution is 0.0992. The van der Waals surface area contributed by atoms with Gasteiger partial charge in [0.05, 0.1) is 11.4 Å². The number of carbonyl (C=O) groups excluding carboxylic acids is 1. The van der Waals surface area contributed by atoms with Gasteiger partial charge in [0, 0.05) is 17.5 Å². The third kappa shape index (κ3) is 2.93. The molecule has 0 spiro atoms. The molecule has 0 aliphatic carbocycles. The fourth-order valence-electron chi connectivity index (χ4n) is 1.58. The normalized spacial score (nSPS) is 10.4. The van der Waals surface area contributed by atoms with Crippen molar-refractivity contribution in [1.82, 2.24) is 4.98 Å². The molecule has 0 unspecified atom stereocenters. The lowest BCUT2D eigenvalue weighted by Crippen LogP contribution is -2.06. The SMILES string of the molecule is Cc1ccc(CC(=O)c2ccc(F)cc2Cl)nc1. The van der Waals surface area contributed by atoms with Gasteiger partial charge in [0.1, 0.15) is 5.82 Å². The summed E-state index contributed by atoms with van der Waals surface area (Å²) in [4.78, 5) is 16.1. The second-order valence-electron chi connectivity index (χ2n) is 4.05. The van der Waals surface area contributed by atoms with E-state index in [9.17, 15) is 9.18 Å². The van der Waals surface area contributed by atoms with Gasteiger partial charge < -0.3 is 0 Å². The highest BCUT2D eigenvalue weighted by molar-refractivity contribution is 6.34. The highest BCUT2D eigenvalue weighted by atomic mass is 35.5. The molecular formula is C14H11ClFNO. The number of benzene rings is 1. The number of aryl methyl sites for hydroxylation is 1. The van der Waals surface area contributed by atoms with Gasteiger partial charge >= 0.3 is 0 Å². The highest BCUT2D eigenvalue weighted by Crippen LogP contribution is 2.19. The molecule has 0 amide bonds. The molecule has 92 valence electrons. The van der Waals surface area contributed by atoms with Gasteiger partial charge in [-0.15, -0.1) is 0 Å². The number of carbonyl (C=O) groups is 1. The minimum absolute atomic E-state index is 0.132. The van der Waals surface area contributed by atoms with E-state index in [4.69, 9.17) is 11.6 Å². The number of halogens is 2. The van der Waals surface area contributed by atoms with Crippen molar-refractivity contribution in [2.75, 3.05) is 0 Å². The molecule has 2 aromatic rings. The van der Waals surface area contributed by atoms with Crippen molar-refractivity contribution in [2.45, 2.75) is 13.3 Å². The predicted octanol–water partition coefficient (Wildman–Crippen LogP) is 3.61. The van der Waals surface area contributed by atoms with Gasteiger partial charge in [0.15, 0.2) is 5.78 Å². The van der Waals surface area contributed by atoms with Gasteiger partial charge in [-0.1, -0.05) is 17.7 Å². The van der Waals surface area contributed by atoms with Crippen LogP contribution in [0.4, 0.5) is 4.39 Å². The Hall–Kier alpha value is -1.74. The standard InChI is InChI=1S/C14H11ClFNO/c1-9-2-4-11(17-8-9)7-14(18)12-5-3-10(16)6-13(12)15/h2-6,8H,7H2,1H3. The van der Waals surface area contributed by atoms with Crippen LogP contribution in [0.5, 0.6) is 0 Å². The topological polar surface area (TPSA) is 30.0 Å². The molecule has 0 N–H and O–H groups in total. The summed E-state index contributed by atoms with van der Waals surface area (Å²) in [5, 5.41) is 0.132. The van der Waals surface area contributed by atoms with Gasteiger partial charge in [0.25, 0.3) is 0 Å². The smallest absolute Gasteiger partial charge is 0.170 e. The first-order valence-electron chi connectivity index (χ1n) is 5.46. The van der Waals surface area contributed by atoms with Crippen LogP contribution in [-0.2, 0) is 6.42 Å². The number of hydrogen-bond acceptors (Lipinski definition) is 2. The Bertz CT molecular complexity index is 581. The summed E-state index contributed by atoms with van der Waals surface area (Å²) in [6.07, 6.45) is 1.86. The maximum atomic E-state index is 12.9. The Balaban J connectivity index is 2.19. The molecule has 18 heavy (non-hydrogen) atoms. The van der Waals surface area contributed by atoms with Gasteiger partial charge in [-0.2, -0.15) is 0 Å². The van der Waals surface area contributed by atoms with E-state index >= 15 is 0 Å². The quantitative estimate of drug-likeness (QED) is 0.792. The predicted molar refractivity (Wildman–Crippen MR) is 68.4 cm³/mol. The zero-order valence-corrected chi connectivity index (χ0v) is 10.5. The van der Waals surface area contributed by atoms with E-state index in [0.717, 1.165) is 11.6 Å². The summed E-state index contributed by atoms with van der Waals surface area (Å²) in [6.45, 7) is 1.93. The number of rotatable bonds is 3. The average Bonchev–Trinajstić information content (AvgIpc) is 2.32. The molecule has 0 aliphatic rings. The second kappa shape index (κ2) is 5.27. The van der Waals surface area contributed by atoms with Crippen molar-refractivity contribution in [3.05, 3.63) is 64.2 Å². The van der Waals surface area contributed by atoms with Crippen molar-refractivity contribution in [1.29, 1.82) is 0 Å². The molecule has 4 heteroatoms. The number of hydrogen-bond donors (Lipinski definition) is 0. The van der Waals surface area contributed by atoms with Crippen LogP contribution in [0.3, 0.4) is 0 Å². The van der Waals surface area contributed by atoms with Gasteiger partial charge in [-0.3, -0.25) is 9.78 Å². The van der Waals surface area contributed by atoms with Crippen molar-refractivity contribution >= 4 is 17.4 Å². The Labute approximate surface area is 109 Å². The van der Waals surface area contributed by atoms with Crippen LogP contribution in [0.1, 0.15) is 21.6 Å². The monoisotopic (exact) mass is 263 g/mol. The Morgan fingerprint density at radius 3 is 2.72 bits per heavy atom. The summed E-state index contributed by atoms with van der Waals surface area (Å²) in [7, 11) is 0. The van der Waals surface area contributed by atoms with Gasteiger partial charge in [-0.25, -0.2) is 4.39 Å². The van der Waals surface area contributed by atoms with Crippen molar-refractivity contribution < 1.29 is 9.18 Å².